The standard InChI is InChI=1S/C20H17N3O/c1-15-6-5-7-16(14-15)20(24)21-17-10-12-19(13-11-17)23-22-18-8-3-2-4-9-18/h2-14H,1H3,(H,21,24). The molecule has 0 bridgehead atoms. The molecule has 0 aliphatic heterocycles. The lowest BCUT2D eigenvalue weighted by Crippen LogP contribution is -2.11. The van der Waals surface area contributed by atoms with Gasteiger partial charge in [0.2, 0.25) is 0 Å². The fraction of sp³-hybridized carbons (Fsp3) is 0.0500. The molecule has 0 heterocycles. The molecule has 118 valence electrons. The van der Waals surface area contributed by atoms with Gasteiger partial charge in [-0.3, -0.25) is 4.79 Å². The number of benzene rings is 3. The number of hydrogen-bond donors (Lipinski definition) is 1. The monoisotopic (exact) mass is 315 g/mol. The number of nitrogens with one attached hydrogen (secondary N) is 1. The summed E-state index contributed by atoms with van der Waals surface area (Å²) in [5, 5.41) is 11.2. The summed E-state index contributed by atoms with van der Waals surface area (Å²) in [6.45, 7) is 1.96. The van der Waals surface area contributed by atoms with Crippen LogP contribution in [0.2, 0.25) is 0 Å². The van der Waals surface area contributed by atoms with E-state index in [4.69, 9.17) is 0 Å². The molecular weight excluding hydrogens is 298 g/mol. The maximum atomic E-state index is 12.2. The van der Waals surface area contributed by atoms with Crippen molar-refractivity contribution in [1.82, 2.24) is 0 Å². The molecule has 1 N–H and O–H groups in total. The van der Waals surface area contributed by atoms with E-state index in [1.165, 1.54) is 0 Å². The van der Waals surface area contributed by atoms with Crippen LogP contribution in [0.5, 0.6) is 0 Å². The summed E-state index contributed by atoms with van der Waals surface area (Å²) in [6.07, 6.45) is 0. The molecule has 0 aliphatic rings. The Morgan fingerprint density at radius 2 is 1.46 bits per heavy atom. The van der Waals surface area contributed by atoms with Gasteiger partial charge in [0.25, 0.3) is 5.91 Å². The number of aryl methyl sites for hydroxylation is 1. The summed E-state index contributed by atoms with van der Waals surface area (Å²) in [5.74, 6) is -0.127. The molecule has 3 aromatic rings. The molecule has 0 unspecified atom stereocenters. The van der Waals surface area contributed by atoms with Gasteiger partial charge in [-0.05, 0) is 55.5 Å². The van der Waals surface area contributed by atoms with Gasteiger partial charge in [-0.25, -0.2) is 0 Å². The third-order valence-corrected chi connectivity index (χ3v) is 3.44. The van der Waals surface area contributed by atoms with Crippen LogP contribution >= 0.6 is 0 Å². The van der Waals surface area contributed by atoms with Crippen molar-refractivity contribution in [3.8, 4) is 0 Å². The van der Waals surface area contributed by atoms with E-state index >= 15 is 0 Å². The maximum absolute atomic E-state index is 12.2. The van der Waals surface area contributed by atoms with Gasteiger partial charge in [0, 0.05) is 11.3 Å². The van der Waals surface area contributed by atoms with Gasteiger partial charge < -0.3 is 5.32 Å². The van der Waals surface area contributed by atoms with E-state index < -0.39 is 0 Å². The van der Waals surface area contributed by atoms with Crippen LogP contribution in [-0.2, 0) is 0 Å². The zero-order chi connectivity index (χ0) is 16.8. The summed E-state index contributed by atoms with van der Waals surface area (Å²) in [7, 11) is 0. The second-order valence-electron chi connectivity index (χ2n) is 5.41. The number of carbonyl (C=O) groups is 1. The van der Waals surface area contributed by atoms with Gasteiger partial charge in [-0.15, -0.1) is 0 Å². The third-order valence-electron chi connectivity index (χ3n) is 3.44. The van der Waals surface area contributed by atoms with Crippen molar-refractivity contribution in [2.45, 2.75) is 6.92 Å². The molecule has 0 saturated carbocycles. The van der Waals surface area contributed by atoms with E-state index in [0.29, 0.717) is 5.56 Å². The maximum Gasteiger partial charge on any atom is 0.255 e. The van der Waals surface area contributed by atoms with Crippen molar-refractivity contribution in [3.05, 3.63) is 90.0 Å². The molecule has 0 fully saturated rings. The molecule has 0 radical (unpaired) electrons. The van der Waals surface area contributed by atoms with Crippen molar-refractivity contribution < 1.29 is 4.79 Å². The second kappa shape index (κ2) is 7.33. The summed E-state index contributed by atoms with van der Waals surface area (Å²) >= 11 is 0. The first kappa shape index (κ1) is 15.6. The highest BCUT2D eigenvalue weighted by molar-refractivity contribution is 6.04. The lowest BCUT2D eigenvalue weighted by Gasteiger charge is -2.06. The average Bonchev–Trinajstić information content (AvgIpc) is 2.62. The Morgan fingerprint density at radius 3 is 2.12 bits per heavy atom. The Hall–Kier alpha value is -3.27. The molecule has 0 spiro atoms. The first-order valence-corrected chi connectivity index (χ1v) is 7.65. The summed E-state index contributed by atoms with van der Waals surface area (Å²) in [4.78, 5) is 12.2. The van der Waals surface area contributed by atoms with E-state index in [1.807, 2.05) is 79.7 Å². The van der Waals surface area contributed by atoms with Crippen LogP contribution < -0.4 is 5.32 Å². The summed E-state index contributed by atoms with van der Waals surface area (Å²) < 4.78 is 0. The Morgan fingerprint density at radius 1 is 0.792 bits per heavy atom. The topological polar surface area (TPSA) is 53.8 Å². The van der Waals surface area contributed by atoms with Gasteiger partial charge in [0.15, 0.2) is 0 Å². The lowest BCUT2D eigenvalue weighted by molar-refractivity contribution is 0.102. The third kappa shape index (κ3) is 4.14. The highest BCUT2D eigenvalue weighted by Gasteiger charge is 2.05. The molecule has 3 rings (SSSR count). The van der Waals surface area contributed by atoms with E-state index in [9.17, 15) is 4.79 Å². The molecule has 24 heavy (non-hydrogen) atoms. The van der Waals surface area contributed by atoms with Crippen LogP contribution in [0.3, 0.4) is 0 Å². The predicted octanol–water partition coefficient (Wildman–Crippen LogP) is 5.66. The van der Waals surface area contributed by atoms with E-state index in [-0.39, 0.29) is 5.91 Å². The minimum absolute atomic E-state index is 0.127. The first-order valence-electron chi connectivity index (χ1n) is 7.65. The molecule has 0 aliphatic carbocycles. The zero-order valence-electron chi connectivity index (χ0n) is 13.3. The molecular formula is C20H17N3O. The molecule has 0 saturated heterocycles. The fourth-order valence-electron chi connectivity index (χ4n) is 2.21. The van der Waals surface area contributed by atoms with Crippen LogP contribution in [0.4, 0.5) is 17.1 Å². The molecule has 4 heteroatoms. The van der Waals surface area contributed by atoms with E-state index in [1.54, 1.807) is 6.07 Å². The van der Waals surface area contributed by atoms with Crippen LogP contribution in [-0.4, -0.2) is 5.91 Å². The van der Waals surface area contributed by atoms with Crippen molar-refractivity contribution in [1.29, 1.82) is 0 Å². The highest BCUT2D eigenvalue weighted by atomic mass is 16.1. The number of nitrogens with zero attached hydrogens (tertiary/aromatic N) is 2. The summed E-state index contributed by atoms with van der Waals surface area (Å²) in [5.41, 5.74) is 3.95. The number of rotatable bonds is 4. The van der Waals surface area contributed by atoms with Crippen LogP contribution in [0, 0.1) is 6.92 Å². The number of anilines is 1. The van der Waals surface area contributed by atoms with Gasteiger partial charge in [0.1, 0.15) is 0 Å². The van der Waals surface area contributed by atoms with E-state index in [2.05, 4.69) is 15.5 Å². The Kier molecular flexibility index (Phi) is 4.77. The normalized spacial score (nSPS) is 10.7. The molecule has 0 aromatic heterocycles. The van der Waals surface area contributed by atoms with E-state index in [0.717, 1.165) is 22.6 Å². The minimum atomic E-state index is -0.127. The Labute approximate surface area is 140 Å². The van der Waals surface area contributed by atoms with Gasteiger partial charge in [-0.2, -0.15) is 10.2 Å². The van der Waals surface area contributed by atoms with Gasteiger partial charge in [-0.1, -0.05) is 35.9 Å². The Balaban J connectivity index is 1.66. The molecule has 1 amide bonds. The predicted molar refractivity (Wildman–Crippen MR) is 96.2 cm³/mol. The zero-order valence-corrected chi connectivity index (χ0v) is 13.3. The van der Waals surface area contributed by atoms with Crippen molar-refractivity contribution in [3.63, 3.8) is 0 Å². The average molecular weight is 315 g/mol. The quantitative estimate of drug-likeness (QED) is 0.620. The molecule has 0 atom stereocenters. The number of carbonyl (C=O) groups excluding carboxylic acids is 1. The first-order chi connectivity index (χ1) is 11.7. The SMILES string of the molecule is Cc1cccc(C(=O)Nc2ccc(N=Nc3ccccc3)cc2)c1. The number of azo groups is 1. The van der Waals surface area contributed by atoms with Crippen molar-refractivity contribution in [2.24, 2.45) is 10.2 Å². The van der Waals surface area contributed by atoms with Crippen LogP contribution in [0.25, 0.3) is 0 Å². The largest absolute Gasteiger partial charge is 0.322 e. The summed E-state index contributed by atoms with van der Waals surface area (Å²) in [6, 6.07) is 24.3. The number of amides is 1. The van der Waals surface area contributed by atoms with Crippen molar-refractivity contribution in [2.75, 3.05) is 5.32 Å². The van der Waals surface area contributed by atoms with Crippen LogP contribution in [0.1, 0.15) is 15.9 Å². The Bertz CT molecular complexity index is 856. The van der Waals surface area contributed by atoms with Crippen LogP contribution in [0.15, 0.2) is 89.1 Å². The van der Waals surface area contributed by atoms with Gasteiger partial charge in [0.05, 0.1) is 11.4 Å². The number of hydrogen-bond acceptors (Lipinski definition) is 3. The van der Waals surface area contributed by atoms with Crippen molar-refractivity contribution >= 4 is 23.0 Å². The molecule has 3 aromatic carbocycles. The molecule has 4 nitrogen and oxygen atoms in total. The second-order valence-corrected chi connectivity index (χ2v) is 5.41. The van der Waals surface area contributed by atoms with Gasteiger partial charge >= 0.3 is 0 Å². The smallest absolute Gasteiger partial charge is 0.255 e. The highest BCUT2D eigenvalue weighted by Crippen LogP contribution is 2.20. The fourth-order valence-corrected chi connectivity index (χ4v) is 2.21. The lowest BCUT2D eigenvalue weighted by atomic mass is 10.1. The minimum Gasteiger partial charge on any atom is -0.322 e.